The van der Waals surface area contributed by atoms with Crippen molar-refractivity contribution in [2.45, 2.75) is 6.54 Å². The minimum Gasteiger partial charge on any atom is -0.350 e. The van der Waals surface area contributed by atoms with Crippen LogP contribution in [0.4, 0.5) is 5.95 Å². The van der Waals surface area contributed by atoms with Gasteiger partial charge in [-0.2, -0.15) is 0 Å². The lowest BCUT2D eigenvalue weighted by Gasteiger charge is -2.05. The van der Waals surface area contributed by atoms with Crippen LogP contribution in [0.15, 0.2) is 36.7 Å². The summed E-state index contributed by atoms with van der Waals surface area (Å²) in [5.41, 5.74) is 1.03. The van der Waals surface area contributed by atoms with Gasteiger partial charge in [0.25, 0.3) is 0 Å². The Bertz CT molecular complexity index is 474. The molecule has 0 aliphatic carbocycles. The van der Waals surface area contributed by atoms with E-state index < -0.39 is 0 Å². The van der Waals surface area contributed by atoms with E-state index in [4.69, 9.17) is 23.2 Å². The third-order valence-corrected chi connectivity index (χ3v) is 2.74. The summed E-state index contributed by atoms with van der Waals surface area (Å²) in [6.45, 7) is 0.612. The van der Waals surface area contributed by atoms with Crippen LogP contribution < -0.4 is 5.32 Å². The van der Waals surface area contributed by atoms with E-state index in [2.05, 4.69) is 15.3 Å². The van der Waals surface area contributed by atoms with E-state index in [1.165, 1.54) is 0 Å². The van der Waals surface area contributed by atoms with Gasteiger partial charge in [0, 0.05) is 18.9 Å². The number of hydrogen-bond acceptors (Lipinski definition) is 3. The predicted molar refractivity (Wildman–Crippen MR) is 65.8 cm³/mol. The molecule has 0 bridgehead atoms. The van der Waals surface area contributed by atoms with Gasteiger partial charge in [-0.1, -0.05) is 29.3 Å². The molecule has 0 aliphatic heterocycles. The Kier molecular flexibility index (Phi) is 3.59. The van der Waals surface area contributed by atoms with Gasteiger partial charge in [-0.3, -0.25) is 0 Å². The second-order valence-corrected chi connectivity index (χ2v) is 3.99. The normalized spacial score (nSPS) is 10.1. The van der Waals surface area contributed by atoms with Gasteiger partial charge in [0.1, 0.15) is 0 Å². The van der Waals surface area contributed by atoms with Crippen molar-refractivity contribution < 1.29 is 0 Å². The number of anilines is 1. The number of hydrogen-bond donors (Lipinski definition) is 1. The third kappa shape index (κ3) is 2.84. The molecule has 1 aromatic carbocycles. The zero-order chi connectivity index (χ0) is 11.4. The molecular weight excluding hydrogens is 245 g/mol. The van der Waals surface area contributed by atoms with Crippen LogP contribution in [-0.2, 0) is 6.54 Å². The fourth-order valence-electron chi connectivity index (χ4n) is 1.22. The fourth-order valence-corrected chi connectivity index (χ4v) is 1.54. The van der Waals surface area contributed by atoms with Crippen LogP contribution in [0.5, 0.6) is 0 Å². The summed E-state index contributed by atoms with van der Waals surface area (Å²) in [5, 5.41) is 4.19. The number of benzene rings is 1. The first kappa shape index (κ1) is 11.2. The first-order valence-electron chi connectivity index (χ1n) is 4.70. The Labute approximate surface area is 103 Å². The second-order valence-electron chi connectivity index (χ2n) is 3.17. The van der Waals surface area contributed by atoms with E-state index in [1.807, 2.05) is 12.1 Å². The standard InChI is InChI=1S/C11H9Cl2N3/c12-9-3-2-8(6-10(9)13)7-16-11-14-4-1-5-15-11/h1-6H,7H2,(H,14,15,16). The second kappa shape index (κ2) is 5.14. The molecule has 0 aliphatic rings. The average molecular weight is 254 g/mol. The molecule has 0 unspecified atom stereocenters. The van der Waals surface area contributed by atoms with Crippen molar-refractivity contribution in [2.24, 2.45) is 0 Å². The Morgan fingerprint density at radius 2 is 1.81 bits per heavy atom. The van der Waals surface area contributed by atoms with Crippen molar-refractivity contribution in [3.63, 3.8) is 0 Å². The molecule has 0 spiro atoms. The van der Waals surface area contributed by atoms with E-state index in [1.54, 1.807) is 24.5 Å². The Hall–Kier alpha value is -1.32. The summed E-state index contributed by atoms with van der Waals surface area (Å²) in [6, 6.07) is 7.26. The molecule has 3 nitrogen and oxygen atoms in total. The van der Waals surface area contributed by atoms with E-state index in [0.717, 1.165) is 5.56 Å². The van der Waals surface area contributed by atoms with Crippen molar-refractivity contribution in [3.05, 3.63) is 52.3 Å². The Morgan fingerprint density at radius 1 is 1.06 bits per heavy atom. The van der Waals surface area contributed by atoms with Crippen molar-refractivity contribution in [2.75, 3.05) is 5.32 Å². The van der Waals surface area contributed by atoms with Crippen molar-refractivity contribution in [1.29, 1.82) is 0 Å². The number of aromatic nitrogens is 2. The minimum atomic E-state index is 0.551. The highest BCUT2D eigenvalue weighted by Gasteiger charge is 2.00. The third-order valence-electron chi connectivity index (χ3n) is 2.00. The van der Waals surface area contributed by atoms with Gasteiger partial charge < -0.3 is 5.32 Å². The van der Waals surface area contributed by atoms with E-state index in [0.29, 0.717) is 22.5 Å². The first-order chi connectivity index (χ1) is 7.75. The Morgan fingerprint density at radius 3 is 2.50 bits per heavy atom. The molecule has 1 heterocycles. The van der Waals surface area contributed by atoms with E-state index >= 15 is 0 Å². The van der Waals surface area contributed by atoms with Gasteiger partial charge >= 0.3 is 0 Å². The van der Waals surface area contributed by atoms with E-state index in [-0.39, 0.29) is 0 Å². The van der Waals surface area contributed by atoms with Crippen LogP contribution in [-0.4, -0.2) is 9.97 Å². The molecular formula is C11H9Cl2N3. The van der Waals surface area contributed by atoms with Crippen LogP contribution >= 0.6 is 23.2 Å². The molecule has 2 aromatic rings. The molecule has 1 aromatic heterocycles. The molecule has 0 saturated carbocycles. The molecule has 82 valence electrons. The highest BCUT2D eigenvalue weighted by Crippen LogP contribution is 2.22. The predicted octanol–water partition coefficient (Wildman–Crippen LogP) is 3.40. The van der Waals surface area contributed by atoms with Gasteiger partial charge in [-0.15, -0.1) is 0 Å². The summed E-state index contributed by atoms with van der Waals surface area (Å²) in [7, 11) is 0. The maximum Gasteiger partial charge on any atom is 0.222 e. The molecule has 5 heteroatoms. The van der Waals surface area contributed by atoms with Crippen LogP contribution in [0, 0.1) is 0 Å². The molecule has 2 rings (SSSR count). The highest BCUT2D eigenvalue weighted by atomic mass is 35.5. The summed E-state index contributed by atoms with van der Waals surface area (Å²) in [5.74, 6) is 0.591. The minimum absolute atomic E-state index is 0.551. The lowest BCUT2D eigenvalue weighted by Crippen LogP contribution is -2.02. The maximum absolute atomic E-state index is 5.90. The SMILES string of the molecule is Clc1ccc(CNc2ncccn2)cc1Cl. The molecule has 16 heavy (non-hydrogen) atoms. The zero-order valence-electron chi connectivity index (χ0n) is 8.32. The fraction of sp³-hybridized carbons (Fsp3) is 0.0909. The van der Waals surface area contributed by atoms with Crippen molar-refractivity contribution in [1.82, 2.24) is 9.97 Å². The van der Waals surface area contributed by atoms with E-state index in [9.17, 15) is 0 Å². The van der Waals surface area contributed by atoms with Crippen LogP contribution in [0.2, 0.25) is 10.0 Å². The molecule has 0 amide bonds. The van der Waals surface area contributed by atoms with Gasteiger partial charge in [0.15, 0.2) is 0 Å². The number of nitrogens with one attached hydrogen (secondary N) is 1. The number of nitrogens with zero attached hydrogens (tertiary/aromatic N) is 2. The first-order valence-corrected chi connectivity index (χ1v) is 5.46. The van der Waals surface area contributed by atoms with Gasteiger partial charge in [-0.05, 0) is 23.8 Å². The summed E-state index contributed by atoms with van der Waals surface area (Å²) >= 11 is 11.7. The average Bonchev–Trinajstić information content (AvgIpc) is 2.32. The summed E-state index contributed by atoms with van der Waals surface area (Å²) < 4.78 is 0. The Balaban J connectivity index is 2.03. The van der Waals surface area contributed by atoms with Crippen LogP contribution in [0.1, 0.15) is 5.56 Å². The smallest absolute Gasteiger partial charge is 0.222 e. The lowest BCUT2D eigenvalue weighted by atomic mass is 10.2. The van der Waals surface area contributed by atoms with Crippen LogP contribution in [0.3, 0.4) is 0 Å². The topological polar surface area (TPSA) is 37.8 Å². The lowest BCUT2D eigenvalue weighted by molar-refractivity contribution is 1.05. The number of rotatable bonds is 3. The molecule has 0 saturated heterocycles. The quantitative estimate of drug-likeness (QED) is 0.912. The monoisotopic (exact) mass is 253 g/mol. The van der Waals surface area contributed by atoms with Gasteiger partial charge in [0.2, 0.25) is 5.95 Å². The van der Waals surface area contributed by atoms with Crippen molar-refractivity contribution >= 4 is 29.2 Å². The molecule has 0 fully saturated rings. The number of halogens is 2. The molecule has 0 atom stereocenters. The largest absolute Gasteiger partial charge is 0.350 e. The maximum atomic E-state index is 5.90. The zero-order valence-corrected chi connectivity index (χ0v) is 9.83. The highest BCUT2D eigenvalue weighted by molar-refractivity contribution is 6.42. The van der Waals surface area contributed by atoms with Crippen LogP contribution in [0.25, 0.3) is 0 Å². The summed E-state index contributed by atoms with van der Waals surface area (Å²) in [4.78, 5) is 8.11. The van der Waals surface area contributed by atoms with Gasteiger partial charge in [0.05, 0.1) is 10.0 Å². The molecule has 1 N–H and O–H groups in total. The molecule has 0 radical (unpaired) electrons. The van der Waals surface area contributed by atoms with Gasteiger partial charge in [-0.25, -0.2) is 9.97 Å². The summed E-state index contributed by atoms with van der Waals surface area (Å²) in [6.07, 6.45) is 3.37. The van der Waals surface area contributed by atoms with Crippen molar-refractivity contribution in [3.8, 4) is 0 Å².